The molecule has 0 aliphatic carbocycles. The average molecular weight is 694 g/mol. The Balaban J connectivity index is 1.27. The fraction of sp³-hybridized carbons (Fsp3) is 0.333. The number of ether oxygens (including phenoxy) is 1. The molecule has 3 aromatic heterocycles. The van der Waals surface area contributed by atoms with Gasteiger partial charge in [-0.05, 0) is 42.0 Å². The van der Waals surface area contributed by atoms with Crippen molar-refractivity contribution >= 4 is 28.3 Å². The van der Waals surface area contributed by atoms with Crippen molar-refractivity contribution in [2.45, 2.75) is 71.1 Å². The molecular formula is C42H39N5O5. The number of anilines is 1. The molecule has 3 aromatic carbocycles. The molecule has 4 aliphatic rings. The van der Waals surface area contributed by atoms with E-state index in [0.29, 0.717) is 41.2 Å². The predicted molar refractivity (Wildman–Crippen MR) is 196 cm³/mol. The minimum Gasteiger partial charge on any atom is -0.469 e. The first-order valence-corrected chi connectivity index (χ1v) is 18.4. The van der Waals surface area contributed by atoms with Crippen LogP contribution in [-0.4, -0.2) is 32.9 Å². The molecule has 1 spiro atoms. The molecule has 10 rings (SSSR count). The second-order valence-corrected chi connectivity index (χ2v) is 15.2. The molecule has 2 unspecified atom stereocenters. The van der Waals surface area contributed by atoms with Gasteiger partial charge in [0.15, 0.2) is 23.4 Å². The normalized spacial score (nSPS) is 22.6. The number of hydrogen-bond acceptors (Lipinski definition) is 8. The Morgan fingerprint density at radius 3 is 2.69 bits per heavy atom. The number of rotatable bonds is 6. The maximum Gasteiger partial charge on any atom is 0.249 e. The largest absolute Gasteiger partial charge is 0.469 e. The Morgan fingerprint density at radius 1 is 1.00 bits per heavy atom. The number of para-hydroxylation sites is 1. The summed E-state index contributed by atoms with van der Waals surface area (Å²) in [5, 5.41) is 8.10. The quantitative estimate of drug-likeness (QED) is 0.159. The summed E-state index contributed by atoms with van der Waals surface area (Å²) >= 11 is 0. The zero-order valence-corrected chi connectivity index (χ0v) is 29.5. The fourth-order valence-electron chi connectivity index (χ4n) is 9.01. The number of aromatic nitrogens is 3. The number of ketones is 1. The van der Waals surface area contributed by atoms with Gasteiger partial charge < -0.3 is 29.2 Å². The van der Waals surface area contributed by atoms with Gasteiger partial charge in [-0.1, -0.05) is 76.6 Å². The van der Waals surface area contributed by atoms with Gasteiger partial charge >= 0.3 is 0 Å². The molecular weight excluding hydrogens is 654 g/mol. The van der Waals surface area contributed by atoms with E-state index in [1.54, 1.807) is 6.20 Å². The van der Waals surface area contributed by atoms with Crippen molar-refractivity contribution in [3.63, 3.8) is 0 Å². The number of benzene rings is 3. The van der Waals surface area contributed by atoms with Crippen molar-refractivity contribution in [3.8, 4) is 39.8 Å². The highest BCUT2D eigenvalue weighted by Crippen LogP contribution is 2.61. The lowest BCUT2D eigenvalue weighted by Gasteiger charge is -2.28. The van der Waals surface area contributed by atoms with E-state index in [1.165, 1.54) is 0 Å². The van der Waals surface area contributed by atoms with Crippen LogP contribution < -0.4 is 15.4 Å². The van der Waals surface area contributed by atoms with E-state index < -0.39 is 23.6 Å². The van der Waals surface area contributed by atoms with Crippen molar-refractivity contribution in [1.29, 1.82) is 0 Å². The fourth-order valence-corrected chi connectivity index (χ4v) is 9.01. The van der Waals surface area contributed by atoms with Gasteiger partial charge in [-0.2, -0.15) is 0 Å². The van der Waals surface area contributed by atoms with E-state index in [4.69, 9.17) is 23.5 Å². The Labute approximate surface area is 300 Å². The standard InChI is InChI=1S/C42H39N5O5/c1-5-8-21(4)30(48)17-23-15-22-13-14-31-28(16-22)42-27-11-6-10-25(35(27)47-41(42)51-31)24-9-7-12-29-33(24)26(18-43-29)32-19-44-39(50-32)36-37(42)52-40(46-36)34(20(2)3)45-38(23)49/h6-7,9-14,16,18-21,23,34,41,43,47H,5,8,15,17H2,1-4H3,(H,45,49)/t21?,23-,34+,41+,42?/m1/s1. The number of H-pyrrole nitrogens is 1. The summed E-state index contributed by atoms with van der Waals surface area (Å²) in [5.41, 5.74) is 7.16. The smallest absolute Gasteiger partial charge is 0.249 e. The molecule has 0 saturated carbocycles. The number of nitrogens with zero attached hydrogens (tertiary/aromatic N) is 2. The summed E-state index contributed by atoms with van der Waals surface area (Å²) in [6, 6.07) is 18.2. The van der Waals surface area contributed by atoms with E-state index in [2.05, 4.69) is 65.0 Å². The van der Waals surface area contributed by atoms with Crippen molar-refractivity contribution in [2.24, 2.45) is 17.8 Å². The molecule has 10 nitrogen and oxygen atoms in total. The van der Waals surface area contributed by atoms with Crippen LogP contribution in [0.5, 0.6) is 5.75 Å². The van der Waals surface area contributed by atoms with Crippen LogP contribution in [0.3, 0.4) is 0 Å². The van der Waals surface area contributed by atoms with Crippen LogP contribution in [0.4, 0.5) is 5.69 Å². The topological polar surface area (TPSA) is 135 Å². The average Bonchev–Trinajstić information content (AvgIpc) is 3.96. The second-order valence-electron chi connectivity index (χ2n) is 15.2. The van der Waals surface area contributed by atoms with Gasteiger partial charge in [0.2, 0.25) is 17.7 Å². The summed E-state index contributed by atoms with van der Waals surface area (Å²) in [5.74, 6) is 1.63. The first-order chi connectivity index (χ1) is 25.3. The highest BCUT2D eigenvalue weighted by atomic mass is 16.5. The van der Waals surface area contributed by atoms with Crippen LogP contribution in [0.15, 0.2) is 75.8 Å². The molecule has 0 fully saturated rings. The minimum absolute atomic E-state index is 0.0893. The number of hydrogen-bond donors (Lipinski definition) is 3. The summed E-state index contributed by atoms with van der Waals surface area (Å²) in [4.78, 5) is 41.2. The van der Waals surface area contributed by atoms with Crippen molar-refractivity contribution in [1.82, 2.24) is 20.3 Å². The summed E-state index contributed by atoms with van der Waals surface area (Å²) in [7, 11) is 0. The number of nitrogens with one attached hydrogen (secondary N) is 3. The van der Waals surface area contributed by atoms with Gasteiger partial charge in [0.25, 0.3) is 0 Å². The summed E-state index contributed by atoms with van der Waals surface area (Å²) in [6.45, 7) is 8.10. The van der Waals surface area contributed by atoms with Gasteiger partial charge in [-0.15, -0.1) is 0 Å². The molecule has 5 atom stereocenters. The maximum atomic E-state index is 14.3. The van der Waals surface area contributed by atoms with Crippen LogP contribution in [-0.2, 0) is 21.4 Å². The third-order valence-corrected chi connectivity index (χ3v) is 11.6. The molecule has 4 aliphatic heterocycles. The number of carbonyl (C=O) groups excluding carboxylic acids is 2. The van der Waals surface area contributed by atoms with Crippen LogP contribution in [0.2, 0.25) is 0 Å². The summed E-state index contributed by atoms with van der Waals surface area (Å²) < 4.78 is 20.5. The maximum absolute atomic E-state index is 14.3. The van der Waals surface area contributed by atoms with Gasteiger partial charge in [-0.3, -0.25) is 9.59 Å². The number of amides is 1. The zero-order chi connectivity index (χ0) is 35.5. The lowest BCUT2D eigenvalue weighted by Crippen LogP contribution is -2.40. The number of oxazole rings is 2. The van der Waals surface area contributed by atoms with E-state index in [0.717, 1.165) is 62.8 Å². The Kier molecular flexibility index (Phi) is 6.69. The van der Waals surface area contributed by atoms with Gasteiger partial charge in [0.05, 0.1) is 6.20 Å². The van der Waals surface area contributed by atoms with Crippen molar-refractivity contribution in [2.75, 3.05) is 5.32 Å². The van der Waals surface area contributed by atoms with Gasteiger partial charge in [0, 0.05) is 63.3 Å². The molecule has 262 valence electrons. The molecule has 10 heteroatoms. The SMILES string of the molecule is CCCC(C)C(=O)C[C@H]1Cc2ccc3c(c2)C24c5cccc(c5N[C@H]2O3)-c2cccc3[nH]cc(c23)-c2cnc(o2)-c2nc(oc24)[C@H](C(C)C)NC1=O. The van der Waals surface area contributed by atoms with Crippen LogP contribution >= 0.6 is 0 Å². The van der Waals surface area contributed by atoms with E-state index in [-0.39, 0.29) is 29.9 Å². The first-order valence-electron chi connectivity index (χ1n) is 18.4. The zero-order valence-electron chi connectivity index (χ0n) is 29.5. The monoisotopic (exact) mass is 693 g/mol. The summed E-state index contributed by atoms with van der Waals surface area (Å²) in [6.07, 6.45) is 5.36. The molecule has 3 N–H and O–H groups in total. The molecule has 52 heavy (non-hydrogen) atoms. The molecule has 10 bridgehead atoms. The molecule has 7 heterocycles. The van der Waals surface area contributed by atoms with Crippen molar-refractivity contribution < 1.29 is 23.2 Å². The number of Topliss-reactive ketones (excluding diaryl/α,β-unsaturated/α-hetero) is 1. The molecule has 6 aromatic rings. The minimum atomic E-state index is -0.994. The Morgan fingerprint density at radius 2 is 1.85 bits per heavy atom. The van der Waals surface area contributed by atoms with Crippen LogP contribution in [0.25, 0.3) is 44.9 Å². The number of carbonyl (C=O) groups is 2. The number of aromatic amines is 1. The highest BCUT2D eigenvalue weighted by Gasteiger charge is 2.61. The van der Waals surface area contributed by atoms with E-state index >= 15 is 0 Å². The molecule has 1 amide bonds. The van der Waals surface area contributed by atoms with E-state index in [1.807, 2.05) is 39.1 Å². The second kappa shape index (κ2) is 11.2. The van der Waals surface area contributed by atoms with E-state index in [9.17, 15) is 9.59 Å². The van der Waals surface area contributed by atoms with Crippen LogP contribution in [0, 0.1) is 17.8 Å². The lowest BCUT2D eigenvalue weighted by molar-refractivity contribution is -0.131. The lowest BCUT2D eigenvalue weighted by atomic mass is 9.72. The van der Waals surface area contributed by atoms with Crippen LogP contribution in [0.1, 0.15) is 81.3 Å². The third-order valence-electron chi connectivity index (χ3n) is 11.6. The van der Waals surface area contributed by atoms with Crippen molar-refractivity contribution in [3.05, 3.63) is 95.3 Å². The highest BCUT2D eigenvalue weighted by molar-refractivity contribution is 6.07. The third kappa shape index (κ3) is 4.23. The Bertz CT molecular complexity index is 2450. The van der Waals surface area contributed by atoms with Gasteiger partial charge in [0.1, 0.15) is 23.0 Å². The predicted octanol–water partition coefficient (Wildman–Crippen LogP) is 8.32. The van der Waals surface area contributed by atoms with Gasteiger partial charge in [-0.25, -0.2) is 9.97 Å². The Hall–Kier alpha value is -5.64. The number of fused-ring (bicyclic) bond motifs is 7. The first kappa shape index (κ1) is 31.1. The molecule has 0 radical (unpaired) electrons. The molecule has 0 saturated heterocycles.